The molecule has 1 aliphatic rings. The molecule has 12 heteroatoms. The van der Waals surface area contributed by atoms with Gasteiger partial charge in [0.15, 0.2) is 11.0 Å². The van der Waals surface area contributed by atoms with Gasteiger partial charge in [-0.1, -0.05) is 11.6 Å². The molecule has 3 heterocycles. The first-order valence-electron chi connectivity index (χ1n) is 7.80. The Hall–Kier alpha value is -2.42. The number of anilines is 1. The Labute approximate surface area is 161 Å². The molecule has 1 N–H and O–H groups in total. The average Bonchev–Trinajstić information content (AvgIpc) is 2.64. The number of hydrogen-bond donors (Lipinski definition) is 1. The lowest BCUT2D eigenvalue weighted by Gasteiger charge is -2.39. The summed E-state index contributed by atoms with van der Waals surface area (Å²) in [6.45, 7) is 0.577. The van der Waals surface area contributed by atoms with Crippen LogP contribution in [-0.4, -0.2) is 67.5 Å². The number of nitrogens with zero attached hydrogens (tertiary/aromatic N) is 6. The predicted octanol–water partition coefficient (Wildman–Crippen LogP) is 1.64. The SMILES string of the molecule is C[S+]([O-])c1nc(N2CCN(C(=O)O)[C@@H](CC#N)C2)c2cnc(Cl)c(F)c2n1. The second kappa shape index (κ2) is 7.67. The van der Waals surface area contributed by atoms with E-state index in [1.165, 1.54) is 17.4 Å². The van der Waals surface area contributed by atoms with E-state index in [1.54, 1.807) is 4.90 Å². The standard InChI is InChI=1S/C15H14ClFN6O3S/c1-27(26)14-20-11-9(6-19-12(16)10(11)17)13(21-14)22-4-5-23(15(24)25)8(7-22)2-3-18/h6,8H,2,4-5,7H2,1H3,(H,24,25)/t8-,27?/m0/s1. The molecule has 1 amide bonds. The fraction of sp³-hybridized carbons (Fsp3) is 0.400. The minimum Gasteiger partial charge on any atom is -0.609 e. The van der Waals surface area contributed by atoms with E-state index < -0.39 is 29.1 Å². The first-order valence-corrected chi connectivity index (χ1v) is 9.73. The van der Waals surface area contributed by atoms with Crippen LogP contribution in [-0.2, 0) is 11.2 Å². The van der Waals surface area contributed by atoms with Crippen LogP contribution in [0.25, 0.3) is 10.9 Å². The molecule has 2 aromatic rings. The third kappa shape index (κ3) is 3.69. The molecular weight excluding hydrogens is 399 g/mol. The zero-order chi connectivity index (χ0) is 19.7. The van der Waals surface area contributed by atoms with Gasteiger partial charge in [0.25, 0.3) is 0 Å². The number of fused-ring (bicyclic) bond motifs is 1. The number of carboxylic acid groups (broad SMARTS) is 1. The molecule has 1 fully saturated rings. The number of rotatable bonds is 3. The first-order chi connectivity index (χ1) is 12.8. The molecule has 9 nitrogen and oxygen atoms in total. The number of amides is 1. The van der Waals surface area contributed by atoms with Gasteiger partial charge < -0.3 is 19.5 Å². The highest BCUT2D eigenvalue weighted by atomic mass is 35.5. The molecule has 3 rings (SSSR count). The molecule has 27 heavy (non-hydrogen) atoms. The Morgan fingerprint density at radius 2 is 2.30 bits per heavy atom. The van der Waals surface area contributed by atoms with Crippen LogP contribution in [0, 0.1) is 17.1 Å². The highest BCUT2D eigenvalue weighted by Crippen LogP contribution is 2.30. The Morgan fingerprint density at radius 3 is 2.93 bits per heavy atom. The summed E-state index contributed by atoms with van der Waals surface area (Å²) in [5.74, 6) is -0.566. The van der Waals surface area contributed by atoms with Gasteiger partial charge in [0, 0.05) is 37.0 Å². The summed E-state index contributed by atoms with van der Waals surface area (Å²) in [6, 6.07) is 1.40. The van der Waals surface area contributed by atoms with Crippen LogP contribution in [0.15, 0.2) is 11.4 Å². The van der Waals surface area contributed by atoms with Gasteiger partial charge in [-0.25, -0.2) is 14.2 Å². The van der Waals surface area contributed by atoms with Crippen molar-refractivity contribution in [3.8, 4) is 6.07 Å². The van der Waals surface area contributed by atoms with Gasteiger partial charge >= 0.3 is 11.2 Å². The monoisotopic (exact) mass is 412 g/mol. The molecule has 2 atom stereocenters. The first kappa shape index (κ1) is 19.3. The van der Waals surface area contributed by atoms with E-state index in [4.69, 9.17) is 16.9 Å². The average molecular weight is 413 g/mol. The van der Waals surface area contributed by atoms with Crippen molar-refractivity contribution in [3.63, 3.8) is 0 Å². The van der Waals surface area contributed by atoms with Crippen LogP contribution in [0.3, 0.4) is 0 Å². The molecule has 0 spiro atoms. The molecule has 0 radical (unpaired) electrons. The third-order valence-electron chi connectivity index (χ3n) is 4.21. The summed E-state index contributed by atoms with van der Waals surface area (Å²) in [7, 11) is 0. The summed E-state index contributed by atoms with van der Waals surface area (Å²) >= 11 is 4.16. The van der Waals surface area contributed by atoms with E-state index in [2.05, 4.69) is 15.0 Å². The van der Waals surface area contributed by atoms with E-state index in [0.29, 0.717) is 0 Å². The Morgan fingerprint density at radius 1 is 1.56 bits per heavy atom. The van der Waals surface area contributed by atoms with Crippen LogP contribution in [0.5, 0.6) is 0 Å². The smallest absolute Gasteiger partial charge is 0.407 e. The summed E-state index contributed by atoms with van der Waals surface area (Å²) in [4.78, 5) is 26.3. The molecule has 2 aromatic heterocycles. The van der Waals surface area contributed by atoms with Crippen molar-refractivity contribution in [2.45, 2.75) is 17.6 Å². The molecule has 0 aromatic carbocycles. The van der Waals surface area contributed by atoms with Crippen LogP contribution in [0.1, 0.15) is 6.42 Å². The number of pyridine rings is 1. The van der Waals surface area contributed by atoms with Gasteiger partial charge in [0.1, 0.15) is 17.6 Å². The number of piperazine rings is 1. The molecule has 1 unspecified atom stereocenters. The van der Waals surface area contributed by atoms with E-state index in [0.717, 1.165) is 0 Å². The molecule has 0 saturated carbocycles. The lowest BCUT2D eigenvalue weighted by molar-refractivity contribution is 0.119. The van der Waals surface area contributed by atoms with Crippen molar-refractivity contribution in [1.82, 2.24) is 19.9 Å². The quantitative estimate of drug-likeness (QED) is 0.457. The van der Waals surface area contributed by atoms with Crippen molar-refractivity contribution in [1.29, 1.82) is 5.26 Å². The van der Waals surface area contributed by atoms with Crippen LogP contribution < -0.4 is 4.90 Å². The van der Waals surface area contributed by atoms with Gasteiger partial charge in [-0.3, -0.25) is 0 Å². The van der Waals surface area contributed by atoms with Gasteiger partial charge in [-0.2, -0.15) is 15.2 Å². The fourth-order valence-electron chi connectivity index (χ4n) is 2.95. The normalized spacial score (nSPS) is 18.4. The molecular formula is C15H14ClFN6O3S. The maximum atomic E-state index is 14.4. The van der Waals surface area contributed by atoms with Crippen LogP contribution in [0.2, 0.25) is 5.15 Å². The maximum absolute atomic E-state index is 14.4. The largest absolute Gasteiger partial charge is 0.609 e. The van der Waals surface area contributed by atoms with Gasteiger partial charge in [0.05, 0.1) is 23.9 Å². The summed E-state index contributed by atoms with van der Waals surface area (Å²) < 4.78 is 26.3. The maximum Gasteiger partial charge on any atom is 0.407 e. The fourth-order valence-corrected chi connectivity index (χ4v) is 3.52. The zero-order valence-electron chi connectivity index (χ0n) is 14.1. The van der Waals surface area contributed by atoms with Crippen molar-refractivity contribution in [2.75, 3.05) is 30.8 Å². The highest BCUT2D eigenvalue weighted by Gasteiger charge is 2.32. The second-order valence-electron chi connectivity index (χ2n) is 5.85. The molecule has 0 bridgehead atoms. The molecule has 1 saturated heterocycles. The highest BCUT2D eigenvalue weighted by molar-refractivity contribution is 7.90. The number of carbonyl (C=O) groups is 1. The Kier molecular flexibility index (Phi) is 5.50. The molecule has 0 aliphatic carbocycles. The second-order valence-corrected chi connectivity index (χ2v) is 7.48. The van der Waals surface area contributed by atoms with Gasteiger partial charge in [-0.05, 0) is 0 Å². The van der Waals surface area contributed by atoms with Crippen LogP contribution >= 0.6 is 11.6 Å². The lowest BCUT2D eigenvalue weighted by atomic mass is 10.1. The Bertz CT molecular complexity index is 940. The van der Waals surface area contributed by atoms with Gasteiger partial charge in [0.2, 0.25) is 0 Å². The van der Waals surface area contributed by atoms with E-state index >= 15 is 0 Å². The van der Waals surface area contributed by atoms with E-state index in [-0.39, 0.29) is 53.1 Å². The number of hydrogen-bond acceptors (Lipinski definition) is 7. The van der Waals surface area contributed by atoms with E-state index in [1.807, 2.05) is 6.07 Å². The van der Waals surface area contributed by atoms with Crippen LogP contribution in [0.4, 0.5) is 15.0 Å². The van der Waals surface area contributed by atoms with E-state index in [9.17, 15) is 18.8 Å². The molecule has 1 aliphatic heterocycles. The summed E-state index contributed by atoms with van der Waals surface area (Å²) in [5.41, 5.74) is -0.109. The topological polar surface area (TPSA) is 129 Å². The lowest BCUT2D eigenvalue weighted by Crippen LogP contribution is -2.55. The predicted molar refractivity (Wildman–Crippen MR) is 95.6 cm³/mol. The number of halogens is 2. The van der Waals surface area contributed by atoms with Crippen molar-refractivity contribution in [2.24, 2.45) is 0 Å². The number of aromatic nitrogens is 3. The minimum atomic E-state index is -1.58. The number of nitriles is 1. The summed E-state index contributed by atoms with van der Waals surface area (Å²) in [6.07, 6.45) is 1.57. The molecule has 142 valence electrons. The third-order valence-corrected chi connectivity index (χ3v) is 5.17. The van der Waals surface area contributed by atoms with Crippen molar-refractivity contribution >= 4 is 45.6 Å². The van der Waals surface area contributed by atoms with Gasteiger partial charge in [-0.15, -0.1) is 0 Å². The minimum absolute atomic E-state index is 0.00315. The summed E-state index contributed by atoms with van der Waals surface area (Å²) in [5, 5.41) is 18.1. The zero-order valence-corrected chi connectivity index (χ0v) is 15.7. The Balaban J connectivity index is 2.09. The van der Waals surface area contributed by atoms with Crippen molar-refractivity contribution < 1.29 is 18.8 Å². The van der Waals surface area contributed by atoms with Crippen molar-refractivity contribution in [3.05, 3.63) is 17.2 Å².